The fourth-order valence-corrected chi connectivity index (χ4v) is 5.08. The Hall–Kier alpha value is -3.65. The number of amides is 2. The lowest BCUT2D eigenvalue weighted by Gasteiger charge is -2.34. The summed E-state index contributed by atoms with van der Waals surface area (Å²) in [6.07, 6.45) is 1.37. The van der Waals surface area contributed by atoms with Gasteiger partial charge in [-0.15, -0.1) is 0 Å². The van der Waals surface area contributed by atoms with Crippen LogP contribution in [-0.2, 0) is 32.6 Å². The van der Waals surface area contributed by atoms with Gasteiger partial charge in [-0.25, -0.2) is 8.42 Å². The highest BCUT2D eigenvalue weighted by Crippen LogP contribution is 2.21. The molecule has 1 atom stereocenters. The predicted octanol–water partition coefficient (Wildman–Crippen LogP) is 4.23. The van der Waals surface area contributed by atoms with Crippen molar-refractivity contribution in [2.75, 3.05) is 17.1 Å². The van der Waals surface area contributed by atoms with Gasteiger partial charge in [0, 0.05) is 19.0 Å². The molecular weight excluding hydrogens is 498 g/mol. The quantitative estimate of drug-likeness (QED) is 0.398. The van der Waals surface area contributed by atoms with E-state index in [1.807, 2.05) is 82.3 Å². The van der Waals surface area contributed by atoms with Crippen LogP contribution < -0.4 is 9.62 Å². The van der Waals surface area contributed by atoms with E-state index in [0.29, 0.717) is 12.1 Å². The van der Waals surface area contributed by atoms with Crippen molar-refractivity contribution in [2.24, 2.45) is 0 Å². The van der Waals surface area contributed by atoms with Crippen LogP contribution in [0.15, 0.2) is 78.9 Å². The molecule has 8 heteroatoms. The van der Waals surface area contributed by atoms with E-state index in [4.69, 9.17) is 0 Å². The number of carbonyl (C=O) groups excluding carboxylic acids is 2. The summed E-state index contributed by atoms with van der Waals surface area (Å²) in [6, 6.07) is 23.2. The smallest absolute Gasteiger partial charge is 0.244 e. The first-order valence-electron chi connectivity index (χ1n) is 12.7. The average Bonchev–Trinajstić information content (AvgIpc) is 2.85. The molecule has 3 aromatic rings. The first-order chi connectivity index (χ1) is 18.0. The summed E-state index contributed by atoms with van der Waals surface area (Å²) < 4.78 is 26.7. The predicted molar refractivity (Wildman–Crippen MR) is 152 cm³/mol. The molecule has 0 heterocycles. The molecular formula is C30H37N3O4S. The number of carbonyl (C=O) groups is 2. The summed E-state index contributed by atoms with van der Waals surface area (Å²) in [5.74, 6) is -0.744. The second kappa shape index (κ2) is 12.7. The molecule has 3 aromatic carbocycles. The van der Waals surface area contributed by atoms with Crippen LogP contribution >= 0.6 is 0 Å². The third-order valence-corrected chi connectivity index (χ3v) is 7.45. The summed E-state index contributed by atoms with van der Waals surface area (Å²) in [7, 11) is -3.78. The van der Waals surface area contributed by atoms with Gasteiger partial charge in [0.25, 0.3) is 0 Å². The molecule has 0 bridgehead atoms. The molecule has 0 fully saturated rings. The van der Waals surface area contributed by atoms with Gasteiger partial charge in [-0.05, 0) is 56.5 Å². The van der Waals surface area contributed by atoms with E-state index in [-0.39, 0.29) is 18.5 Å². The van der Waals surface area contributed by atoms with Crippen LogP contribution in [0.3, 0.4) is 0 Å². The lowest BCUT2D eigenvalue weighted by atomic mass is 10.0. The standard InChI is InChI=1S/C30H37N3O4S/c1-22(2)31-30(35)28(19-25-12-7-6-8-13-25)32(20-26-14-10-9-11-24(26)4)29(34)21-33(38(5,36)37)27-17-15-23(3)16-18-27/h6-18,22,28H,19-21H2,1-5H3,(H,31,35)/t28-/m1/s1. The van der Waals surface area contributed by atoms with Gasteiger partial charge in [0.1, 0.15) is 12.6 Å². The fraction of sp³-hybridized carbons (Fsp3) is 0.333. The number of sulfonamides is 1. The van der Waals surface area contributed by atoms with Gasteiger partial charge in [-0.3, -0.25) is 13.9 Å². The Bertz CT molecular complexity index is 1340. The van der Waals surface area contributed by atoms with Crippen LogP contribution in [-0.4, -0.2) is 50.0 Å². The Morgan fingerprint density at radius 2 is 1.47 bits per heavy atom. The number of rotatable bonds is 11. The van der Waals surface area contributed by atoms with E-state index in [1.54, 1.807) is 24.3 Å². The second-order valence-electron chi connectivity index (χ2n) is 9.92. The molecule has 38 heavy (non-hydrogen) atoms. The van der Waals surface area contributed by atoms with Gasteiger partial charge in [-0.1, -0.05) is 72.3 Å². The summed E-state index contributed by atoms with van der Waals surface area (Å²) >= 11 is 0. The van der Waals surface area contributed by atoms with E-state index in [0.717, 1.165) is 32.8 Å². The minimum Gasteiger partial charge on any atom is -0.352 e. The zero-order valence-corrected chi connectivity index (χ0v) is 23.5. The lowest BCUT2D eigenvalue weighted by molar-refractivity contribution is -0.140. The Morgan fingerprint density at radius 3 is 2.05 bits per heavy atom. The zero-order chi connectivity index (χ0) is 27.9. The van der Waals surface area contributed by atoms with Crippen molar-refractivity contribution in [3.63, 3.8) is 0 Å². The van der Waals surface area contributed by atoms with Gasteiger partial charge in [0.05, 0.1) is 11.9 Å². The summed E-state index contributed by atoms with van der Waals surface area (Å²) in [6.45, 7) is 7.34. The topological polar surface area (TPSA) is 86.8 Å². The minimum absolute atomic E-state index is 0.128. The molecule has 0 aliphatic rings. The lowest BCUT2D eigenvalue weighted by Crippen LogP contribution is -2.54. The molecule has 0 unspecified atom stereocenters. The van der Waals surface area contributed by atoms with Gasteiger partial charge in [0.15, 0.2) is 0 Å². The highest BCUT2D eigenvalue weighted by atomic mass is 32.2. The van der Waals surface area contributed by atoms with Crippen molar-refractivity contribution in [3.8, 4) is 0 Å². The maximum atomic E-state index is 14.0. The first-order valence-corrected chi connectivity index (χ1v) is 14.5. The Balaban J connectivity index is 2.06. The molecule has 0 aliphatic carbocycles. The van der Waals surface area contributed by atoms with Crippen molar-refractivity contribution in [1.82, 2.24) is 10.2 Å². The van der Waals surface area contributed by atoms with Crippen molar-refractivity contribution in [3.05, 3.63) is 101 Å². The number of hydrogen-bond donors (Lipinski definition) is 1. The van der Waals surface area contributed by atoms with Gasteiger partial charge >= 0.3 is 0 Å². The largest absolute Gasteiger partial charge is 0.352 e. The zero-order valence-electron chi connectivity index (χ0n) is 22.7. The molecule has 0 aliphatic heterocycles. The average molecular weight is 536 g/mol. The van der Waals surface area contributed by atoms with Crippen LogP contribution in [0.2, 0.25) is 0 Å². The molecule has 0 saturated carbocycles. The fourth-order valence-electron chi connectivity index (χ4n) is 4.23. The Labute approximate surface area is 226 Å². The maximum Gasteiger partial charge on any atom is 0.244 e. The minimum atomic E-state index is -3.78. The molecule has 1 N–H and O–H groups in total. The van der Waals surface area contributed by atoms with Crippen LogP contribution in [0.4, 0.5) is 5.69 Å². The van der Waals surface area contributed by atoms with E-state index in [9.17, 15) is 18.0 Å². The van der Waals surface area contributed by atoms with Gasteiger partial charge in [-0.2, -0.15) is 0 Å². The molecule has 0 spiro atoms. The third kappa shape index (κ3) is 7.92. The SMILES string of the molecule is Cc1ccc(N(CC(=O)N(Cc2ccccc2C)[C@H](Cc2ccccc2)C(=O)NC(C)C)S(C)(=O)=O)cc1. The number of hydrogen-bond acceptors (Lipinski definition) is 4. The molecule has 3 rings (SSSR count). The summed E-state index contributed by atoms with van der Waals surface area (Å²) in [4.78, 5) is 29.1. The first kappa shape index (κ1) is 28.9. The molecule has 2 amide bonds. The van der Waals surface area contributed by atoms with Crippen LogP contribution in [0, 0.1) is 13.8 Å². The number of aryl methyl sites for hydroxylation is 2. The Kier molecular flexibility index (Phi) is 9.69. The van der Waals surface area contributed by atoms with Crippen LogP contribution in [0.25, 0.3) is 0 Å². The number of anilines is 1. The highest BCUT2D eigenvalue weighted by molar-refractivity contribution is 7.92. The van der Waals surface area contributed by atoms with Crippen molar-refractivity contribution in [2.45, 2.75) is 52.7 Å². The van der Waals surface area contributed by atoms with Crippen LogP contribution in [0.1, 0.15) is 36.1 Å². The summed E-state index contributed by atoms with van der Waals surface area (Å²) in [5.41, 5.74) is 4.14. The van der Waals surface area contributed by atoms with Crippen molar-refractivity contribution < 1.29 is 18.0 Å². The maximum absolute atomic E-state index is 14.0. The van der Waals surface area contributed by atoms with Crippen molar-refractivity contribution in [1.29, 1.82) is 0 Å². The molecule has 202 valence electrons. The molecule has 0 saturated heterocycles. The number of nitrogens with zero attached hydrogens (tertiary/aromatic N) is 2. The highest BCUT2D eigenvalue weighted by Gasteiger charge is 2.33. The van der Waals surface area contributed by atoms with Gasteiger partial charge in [0.2, 0.25) is 21.8 Å². The monoisotopic (exact) mass is 535 g/mol. The normalized spacial score (nSPS) is 12.2. The molecule has 0 radical (unpaired) electrons. The van der Waals surface area contributed by atoms with E-state index >= 15 is 0 Å². The third-order valence-electron chi connectivity index (χ3n) is 6.31. The molecule has 0 aromatic heterocycles. The second-order valence-corrected chi connectivity index (χ2v) is 11.8. The van der Waals surface area contributed by atoms with E-state index in [1.165, 1.54) is 4.90 Å². The van der Waals surface area contributed by atoms with Crippen molar-refractivity contribution >= 4 is 27.5 Å². The van der Waals surface area contributed by atoms with Crippen LogP contribution in [0.5, 0.6) is 0 Å². The molecule has 7 nitrogen and oxygen atoms in total. The van der Waals surface area contributed by atoms with E-state index in [2.05, 4.69) is 5.32 Å². The number of benzene rings is 3. The summed E-state index contributed by atoms with van der Waals surface area (Å²) in [5, 5.41) is 2.96. The number of nitrogens with one attached hydrogen (secondary N) is 1. The van der Waals surface area contributed by atoms with E-state index < -0.39 is 28.5 Å². The van der Waals surface area contributed by atoms with Gasteiger partial charge < -0.3 is 10.2 Å². The Morgan fingerprint density at radius 1 is 0.868 bits per heavy atom.